The van der Waals surface area contributed by atoms with Crippen molar-refractivity contribution in [3.05, 3.63) is 52.2 Å². The van der Waals surface area contributed by atoms with E-state index in [1.54, 1.807) is 27.8 Å². The van der Waals surface area contributed by atoms with Gasteiger partial charge in [0.15, 0.2) is 0 Å². The summed E-state index contributed by atoms with van der Waals surface area (Å²) in [6, 6.07) is 11.1. The third kappa shape index (κ3) is 3.84. The predicted octanol–water partition coefficient (Wildman–Crippen LogP) is 3.51. The predicted molar refractivity (Wildman–Crippen MR) is 93.9 cm³/mol. The summed E-state index contributed by atoms with van der Waals surface area (Å²) in [7, 11) is -3.37. The van der Waals surface area contributed by atoms with Crippen LogP contribution in [-0.2, 0) is 10.0 Å². The van der Waals surface area contributed by atoms with Crippen LogP contribution in [0.2, 0.25) is 0 Å². The number of thiophene rings is 1. The summed E-state index contributed by atoms with van der Waals surface area (Å²) in [4.78, 5) is 1.45. The van der Waals surface area contributed by atoms with E-state index in [2.05, 4.69) is 11.8 Å². The number of benzene rings is 1. The van der Waals surface area contributed by atoms with Crippen molar-refractivity contribution in [3.8, 4) is 11.8 Å². The monoisotopic (exact) mass is 345 g/mol. The summed E-state index contributed by atoms with van der Waals surface area (Å²) >= 11 is 1.63. The minimum absolute atomic E-state index is 0.279. The molecule has 1 saturated heterocycles. The molecule has 120 valence electrons. The molecule has 3 rings (SSSR count). The van der Waals surface area contributed by atoms with E-state index in [0.717, 1.165) is 23.3 Å². The van der Waals surface area contributed by atoms with E-state index in [0.29, 0.717) is 18.0 Å². The van der Waals surface area contributed by atoms with Crippen LogP contribution in [0.15, 0.2) is 46.7 Å². The first-order valence-electron chi connectivity index (χ1n) is 7.67. The molecule has 0 bridgehead atoms. The number of rotatable bonds is 2. The van der Waals surface area contributed by atoms with Crippen LogP contribution in [-0.4, -0.2) is 25.8 Å². The first kappa shape index (κ1) is 16.3. The Morgan fingerprint density at radius 3 is 2.43 bits per heavy atom. The molecule has 1 fully saturated rings. The molecule has 5 heteroatoms. The largest absolute Gasteiger partial charge is 0.243 e. The van der Waals surface area contributed by atoms with Gasteiger partial charge in [0.25, 0.3) is 0 Å². The van der Waals surface area contributed by atoms with Gasteiger partial charge in [0.05, 0.1) is 9.77 Å². The first-order chi connectivity index (χ1) is 11.1. The number of aryl methyl sites for hydroxylation is 1. The molecule has 2 heterocycles. The van der Waals surface area contributed by atoms with Gasteiger partial charge in [0.1, 0.15) is 0 Å². The Morgan fingerprint density at radius 1 is 1.13 bits per heavy atom. The van der Waals surface area contributed by atoms with Gasteiger partial charge in [0.2, 0.25) is 10.0 Å². The van der Waals surface area contributed by atoms with Crippen LogP contribution in [0.4, 0.5) is 0 Å². The summed E-state index contributed by atoms with van der Waals surface area (Å²) in [6.07, 6.45) is 1.59. The number of piperidine rings is 1. The highest BCUT2D eigenvalue weighted by molar-refractivity contribution is 7.89. The highest BCUT2D eigenvalue weighted by Crippen LogP contribution is 2.24. The van der Waals surface area contributed by atoms with Crippen molar-refractivity contribution >= 4 is 21.4 Å². The highest BCUT2D eigenvalue weighted by Gasteiger charge is 2.28. The van der Waals surface area contributed by atoms with Gasteiger partial charge in [-0.2, -0.15) is 4.31 Å². The zero-order chi connectivity index (χ0) is 16.3. The van der Waals surface area contributed by atoms with Gasteiger partial charge in [-0.15, -0.1) is 11.3 Å². The second-order valence-electron chi connectivity index (χ2n) is 5.74. The summed E-state index contributed by atoms with van der Waals surface area (Å²) in [5.41, 5.74) is 1.06. The molecule has 23 heavy (non-hydrogen) atoms. The van der Waals surface area contributed by atoms with Gasteiger partial charge in [0, 0.05) is 19.0 Å². The molecule has 0 saturated carbocycles. The van der Waals surface area contributed by atoms with Crippen LogP contribution >= 0.6 is 11.3 Å². The van der Waals surface area contributed by atoms with E-state index in [1.807, 2.05) is 36.6 Å². The molecule has 3 nitrogen and oxygen atoms in total. The van der Waals surface area contributed by atoms with Crippen molar-refractivity contribution in [2.45, 2.75) is 24.7 Å². The molecule has 1 aromatic carbocycles. The Bertz CT molecular complexity index is 804. The van der Waals surface area contributed by atoms with E-state index in [4.69, 9.17) is 0 Å². The minimum atomic E-state index is -3.37. The fourth-order valence-electron chi connectivity index (χ4n) is 2.62. The van der Waals surface area contributed by atoms with Crippen LogP contribution in [0.5, 0.6) is 0 Å². The van der Waals surface area contributed by atoms with Crippen molar-refractivity contribution in [3.63, 3.8) is 0 Å². The zero-order valence-corrected chi connectivity index (χ0v) is 14.7. The van der Waals surface area contributed by atoms with Gasteiger partial charge in [-0.1, -0.05) is 35.6 Å². The number of hydrogen-bond donors (Lipinski definition) is 0. The normalized spacial score (nSPS) is 16.7. The van der Waals surface area contributed by atoms with Gasteiger partial charge in [-0.3, -0.25) is 0 Å². The average Bonchev–Trinajstić information content (AvgIpc) is 3.07. The smallest absolute Gasteiger partial charge is 0.207 e. The summed E-state index contributed by atoms with van der Waals surface area (Å²) in [5.74, 6) is 6.75. The van der Waals surface area contributed by atoms with Crippen LogP contribution in [0.3, 0.4) is 0 Å². The SMILES string of the molecule is Cc1ccc(S(=O)(=O)N2CCC(C#Cc3cccs3)CC2)cc1. The molecular formula is C18H19NO2S2. The lowest BCUT2D eigenvalue weighted by Crippen LogP contribution is -2.38. The fraction of sp³-hybridized carbons (Fsp3) is 0.333. The van der Waals surface area contributed by atoms with Crippen LogP contribution in [0, 0.1) is 24.7 Å². The van der Waals surface area contributed by atoms with E-state index in [-0.39, 0.29) is 5.92 Å². The second kappa shape index (κ2) is 6.88. The molecule has 0 amide bonds. The third-order valence-corrected chi connectivity index (χ3v) is 6.73. The molecule has 0 N–H and O–H groups in total. The minimum Gasteiger partial charge on any atom is -0.207 e. The maximum atomic E-state index is 12.6. The maximum absolute atomic E-state index is 12.6. The quantitative estimate of drug-likeness (QED) is 0.781. The standard InChI is InChI=1S/C18H19NO2S2/c1-15-4-8-18(9-5-15)23(20,21)19-12-10-16(11-13-19)6-7-17-3-2-14-22-17/h2-5,8-9,14,16H,10-13H2,1H3. The van der Waals surface area contributed by atoms with Crippen molar-refractivity contribution in [2.24, 2.45) is 5.92 Å². The average molecular weight is 345 g/mol. The topological polar surface area (TPSA) is 37.4 Å². The summed E-state index contributed by atoms with van der Waals surface area (Å²) < 4.78 is 26.9. The third-order valence-electron chi connectivity index (χ3n) is 4.03. The molecule has 0 aliphatic carbocycles. The molecule has 1 aliphatic heterocycles. The molecule has 0 unspecified atom stereocenters. The fourth-order valence-corrected chi connectivity index (χ4v) is 4.67. The van der Waals surface area contributed by atoms with E-state index < -0.39 is 10.0 Å². The van der Waals surface area contributed by atoms with Gasteiger partial charge in [-0.05, 0) is 43.3 Å². The lowest BCUT2D eigenvalue weighted by atomic mass is 9.99. The summed E-state index contributed by atoms with van der Waals surface area (Å²) in [5, 5.41) is 2.01. The molecular weight excluding hydrogens is 326 g/mol. The Morgan fingerprint density at radius 2 is 1.83 bits per heavy atom. The first-order valence-corrected chi connectivity index (χ1v) is 9.99. The molecule has 0 atom stereocenters. The Kier molecular flexibility index (Phi) is 4.86. The Labute approximate surface area is 142 Å². The van der Waals surface area contributed by atoms with E-state index in [1.165, 1.54) is 0 Å². The molecule has 0 spiro atoms. The van der Waals surface area contributed by atoms with Crippen molar-refractivity contribution in [1.82, 2.24) is 4.31 Å². The lowest BCUT2D eigenvalue weighted by Gasteiger charge is -2.29. The Hall–Kier alpha value is -1.61. The van der Waals surface area contributed by atoms with Crippen molar-refractivity contribution in [1.29, 1.82) is 0 Å². The van der Waals surface area contributed by atoms with Crippen LogP contribution < -0.4 is 0 Å². The van der Waals surface area contributed by atoms with Crippen molar-refractivity contribution in [2.75, 3.05) is 13.1 Å². The number of nitrogens with zero attached hydrogens (tertiary/aromatic N) is 1. The molecule has 1 aromatic heterocycles. The number of hydrogen-bond acceptors (Lipinski definition) is 3. The van der Waals surface area contributed by atoms with Gasteiger partial charge < -0.3 is 0 Å². The van der Waals surface area contributed by atoms with Gasteiger partial charge in [-0.25, -0.2) is 8.42 Å². The van der Waals surface area contributed by atoms with E-state index in [9.17, 15) is 8.42 Å². The Balaban J connectivity index is 1.65. The van der Waals surface area contributed by atoms with Crippen LogP contribution in [0.1, 0.15) is 23.3 Å². The maximum Gasteiger partial charge on any atom is 0.243 e. The zero-order valence-electron chi connectivity index (χ0n) is 13.0. The van der Waals surface area contributed by atoms with Gasteiger partial charge >= 0.3 is 0 Å². The number of sulfonamides is 1. The van der Waals surface area contributed by atoms with Crippen LogP contribution in [0.25, 0.3) is 0 Å². The molecule has 2 aromatic rings. The second-order valence-corrected chi connectivity index (χ2v) is 8.62. The molecule has 1 aliphatic rings. The van der Waals surface area contributed by atoms with E-state index >= 15 is 0 Å². The summed E-state index contributed by atoms with van der Waals surface area (Å²) in [6.45, 7) is 3.04. The lowest BCUT2D eigenvalue weighted by molar-refractivity contribution is 0.311. The highest BCUT2D eigenvalue weighted by atomic mass is 32.2. The molecule has 0 radical (unpaired) electrons. The van der Waals surface area contributed by atoms with Crippen molar-refractivity contribution < 1.29 is 8.42 Å².